The minimum Gasteiger partial charge on any atom is -0.445 e. The van der Waals surface area contributed by atoms with Crippen LogP contribution in [0.25, 0.3) is 0 Å². The molecule has 3 aromatic carbocycles. The summed E-state index contributed by atoms with van der Waals surface area (Å²) in [6, 6.07) is 25.4. The maximum absolute atomic E-state index is 12.6. The number of rotatable bonds is 13. The Morgan fingerprint density at radius 2 is 1.50 bits per heavy atom. The van der Waals surface area contributed by atoms with Gasteiger partial charge in [-0.1, -0.05) is 84.9 Å². The first kappa shape index (κ1) is 29.9. The molecule has 0 saturated heterocycles. The number of alkyl carbamates (subject to hydrolysis) is 1. The number of hydrogen-bond donors (Lipinski definition) is 5. The summed E-state index contributed by atoms with van der Waals surface area (Å²) in [6.07, 6.45) is -0.767. The highest BCUT2D eigenvalue weighted by Gasteiger charge is 2.18. The highest BCUT2D eigenvalue weighted by Crippen LogP contribution is 2.08. The zero-order chi connectivity index (χ0) is 28.7. The van der Waals surface area contributed by atoms with Crippen LogP contribution in [-0.2, 0) is 33.8 Å². The predicted octanol–water partition coefficient (Wildman–Crippen LogP) is 3.63. The number of amides is 3. The molecule has 3 amide bonds. The van der Waals surface area contributed by atoms with Crippen molar-refractivity contribution in [2.24, 2.45) is 5.73 Å². The van der Waals surface area contributed by atoms with Crippen LogP contribution >= 0.6 is 0 Å². The molecule has 0 saturated carbocycles. The molecule has 0 aliphatic rings. The van der Waals surface area contributed by atoms with Gasteiger partial charge in [-0.15, -0.1) is 0 Å². The zero-order valence-electron chi connectivity index (χ0n) is 22.4. The molecule has 0 bridgehead atoms. The lowest BCUT2D eigenvalue weighted by atomic mass is 10.1. The predicted molar refractivity (Wildman–Crippen MR) is 152 cm³/mol. The zero-order valence-corrected chi connectivity index (χ0v) is 22.4. The molecular formula is C30H35N5O5. The van der Waals surface area contributed by atoms with Crippen LogP contribution in [0, 0.1) is 5.41 Å². The minimum atomic E-state index is -0.854. The fourth-order valence-electron chi connectivity index (χ4n) is 3.81. The molecule has 0 unspecified atom stereocenters. The first-order chi connectivity index (χ1) is 19.3. The largest absolute Gasteiger partial charge is 0.445 e. The van der Waals surface area contributed by atoms with Gasteiger partial charge < -0.3 is 25.8 Å². The van der Waals surface area contributed by atoms with Crippen LogP contribution in [0.2, 0.25) is 0 Å². The Kier molecular flexibility index (Phi) is 11.7. The Morgan fingerprint density at radius 1 is 0.875 bits per heavy atom. The van der Waals surface area contributed by atoms with Crippen LogP contribution in [0.15, 0.2) is 84.9 Å². The molecule has 0 aliphatic heterocycles. The van der Waals surface area contributed by atoms with Crippen molar-refractivity contribution in [2.45, 2.75) is 45.1 Å². The first-order valence-corrected chi connectivity index (χ1v) is 13.0. The third-order valence-electron chi connectivity index (χ3n) is 6.07. The summed E-state index contributed by atoms with van der Waals surface area (Å²) in [5, 5.41) is 16.5. The second kappa shape index (κ2) is 15.6. The molecule has 0 aromatic heterocycles. The normalized spacial score (nSPS) is 12.0. The van der Waals surface area contributed by atoms with Gasteiger partial charge in [0.2, 0.25) is 5.91 Å². The van der Waals surface area contributed by atoms with E-state index < -0.39 is 24.3 Å². The van der Waals surface area contributed by atoms with E-state index in [-0.39, 0.29) is 31.4 Å². The molecule has 3 rings (SSSR count). The van der Waals surface area contributed by atoms with E-state index >= 15 is 0 Å². The number of nitrogens with two attached hydrogens (primary N) is 1. The maximum Gasteiger partial charge on any atom is 0.413 e. The molecule has 0 aliphatic carbocycles. The number of ether oxygens (including phenoxy) is 2. The van der Waals surface area contributed by atoms with Crippen molar-refractivity contribution in [3.8, 4) is 0 Å². The van der Waals surface area contributed by atoms with E-state index in [1.807, 2.05) is 60.7 Å². The van der Waals surface area contributed by atoms with Crippen LogP contribution in [0.5, 0.6) is 0 Å². The molecule has 2 atom stereocenters. The SMILES string of the molecule is C[C@H](NC[C@@H](CCc1ccccc1)OC(N)=O)C(=O)NCc1ccc(C(=N)NC(=O)OCc2ccccc2)cc1. The van der Waals surface area contributed by atoms with Gasteiger partial charge in [0.1, 0.15) is 18.5 Å². The average Bonchev–Trinajstić information content (AvgIpc) is 2.97. The van der Waals surface area contributed by atoms with Crippen LogP contribution in [0.4, 0.5) is 9.59 Å². The number of hydrogen-bond acceptors (Lipinski definition) is 7. The number of benzene rings is 3. The lowest BCUT2D eigenvalue weighted by Gasteiger charge is -2.20. The van der Waals surface area contributed by atoms with Gasteiger partial charge in [0.25, 0.3) is 0 Å². The van der Waals surface area contributed by atoms with Crippen molar-refractivity contribution in [3.63, 3.8) is 0 Å². The lowest BCUT2D eigenvalue weighted by molar-refractivity contribution is -0.123. The van der Waals surface area contributed by atoms with Crippen molar-refractivity contribution in [3.05, 3.63) is 107 Å². The van der Waals surface area contributed by atoms with E-state index in [0.717, 1.165) is 16.7 Å². The average molecular weight is 546 g/mol. The van der Waals surface area contributed by atoms with E-state index in [1.54, 1.807) is 31.2 Å². The molecule has 0 fully saturated rings. The molecule has 6 N–H and O–H groups in total. The summed E-state index contributed by atoms with van der Waals surface area (Å²) in [6.45, 7) is 2.39. The summed E-state index contributed by atoms with van der Waals surface area (Å²) in [5.41, 5.74) is 8.51. The van der Waals surface area contributed by atoms with Gasteiger partial charge in [-0.2, -0.15) is 0 Å². The van der Waals surface area contributed by atoms with E-state index in [1.165, 1.54) is 0 Å². The maximum atomic E-state index is 12.6. The summed E-state index contributed by atoms with van der Waals surface area (Å²) in [5.74, 6) is -0.313. The van der Waals surface area contributed by atoms with E-state index in [9.17, 15) is 14.4 Å². The smallest absolute Gasteiger partial charge is 0.413 e. The Hall–Kier alpha value is -4.70. The molecule has 0 heterocycles. The van der Waals surface area contributed by atoms with Crippen LogP contribution in [-0.4, -0.2) is 42.6 Å². The number of carbonyl (C=O) groups excluding carboxylic acids is 3. The monoisotopic (exact) mass is 545 g/mol. The van der Waals surface area contributed by atoms with Crippen molar-refractivity contribution >= 4 is 23.9 Å². The molecule has 0 radical (unpaired) electrons. The number of nitrogens with one attached hydrogen (secondary N) is 4. The topological polar surface area (TPSA) is 156 Å². The van der Waals surface area contributed by atoms with E-state index in [2.05, 4.69) is 16.0 Å². The summed E-state index contributed by atoms with van der Waals surface area (Å²) < 4.78 is 10.4. The lowest BCUT2D eigenvalue weighted by Crippen LogP contribution is -2.45. The standard InChI is InChI=1S/C30H35N5O5/c1-21(33-19-26(40-29(32)37)17-14-22-8-4-2-5-9-22)28(36)34-18-23-12-15-25(16-13-23)27(31)35-30(38)39-20-24-10-6-3-7-11-24/h2-13,15-16,21,26,33H,14,17-20H2,1H3,(H2,32,37)(H,34,36)(H2,31,35,38)/t21-,26+/m0/s1. The molecular weight excluding hydrogens is 510 g/mol. The highest BCUT2D eigenvalue weighted by atomic mass is 16.6. The van der Waals surface area contributed by atoms with Crippen LogP contribution in [0.3, 0.4) is 0 Å². The third-order valence-corrected chi connectivity index (χ3v) is 6.07. The summed E-state index contributed by atoms with van der Waals surface area (Å²) in [7, 11) is 0. The fourth-order valence-corrected chi connectivity index (χ4v) is 3.81. The van der Waals surface area contributed by atoms with Gasteiger partial charge in [-0.25, -0.2) is 9.59 Å². The van der Waals surface area contributed by atoms with Crippen molar-refractivity contribution < 1.29 is 23.9 Å². The summed E-state index contributed by atoms with van der Waals surface area (Å²) >= 11 is 0. The minimum absolute atomic E-state index is 0.0912. The second-order valence-corrected chi connectivity index (χ2v) is 9.19. The van der Waals surface area contributed by atoms with Gasteiger partial charge >= 0.3 is 12.2 Å². The van der Waals surface area contributed by atoms with Crippen molar-refractivity contribution in [2.75, 3.05) is 6.54 Å². The van der Waals surface area contributed by atoms with Crippen LogP contribution < -0.4 is 21.7 Å². The van der Waals surface area contributed by atoms with Crippen molar-refractivity contribution in [1.29, 1.82) is 5.41 Å². The molecule has 0 spiro atoms. The Morgan fingerprint density at radius 3 is 2.12 bits per heavy atom. The second-order valence-electron chi connectivity index (χ2n) is 9.19. The molecule has 10 heteroatoms. The summed E-state index contributed by atoms with van der Waals surface area (Å²) in [4.78, 5) is 35.9. The Balaban J connectivity index is 1.39. The third kappa shape index (κ3) is 10.6. The van der Waals surface area contributed by atoms with Crippen molar-refractivity contribution in [1.82, 2.24) is 16.0 Å². The van der Waals surface area contributed by atoms with E-state index in [4.69, 9.17) is 20.6 Å². The molecule has 210 valence electrons. The highest BCUT2D eigenvalue weighted by molar-refractivity contribution is 6.04. The molecule has 10 nitrogen and oxygen atoms in total. The number of primary amides is 1. The number of aryl methyl sites for hydroxylation is 1. The van der Waals surface area contributed by atoms with Gasteiger partial charge in [0, 0.05) is 18.7 Å². The first-order valence-electron chi connectivity index (χ1n) is 13.0. The van der Waals surface area contributed by atoms with E-state index in [0.29, 0.717) is 18.4 Å². The number of carbonyl (C=O) groups is 3. The quantitative estimate of drug-likeness (QED) is 0.163. The Bertz CT molecular complexity index is 1250. The van der Waals surface area contributed by atoms with Gasteiger partial charge in [0.15, 0.2) is 0 Å². The van der Waals surface area contributed by atoms with Gasteiger partial charge in [-0.3, -0.25) is 15.5 Å². The number of amidine groups is 1. The van der Waals surface area contributed by atoms with Gasteiger partial charge in [0.05, 0.1) is 6.04 Å². The fraction of sp³-hybridized carbons (Fsp3) is 0.267. The van der Waals surface area contributed by atoms with Crippen LogP contribution in [0.1, 0.15) is 35.6 Å². The Labute approximate surface area is 233 Å². The molecule has 3 aromatic rings. The van der Waals surface area contributed by atoms with Gasteiger partial charge in [-0.05, 0) is 36.5 Å². The molecule has 40 heavy (non-hydrogen) atoms.